The molecule has 0 bridgehead atoms. The molecule has 25 heavy (non-hydrogen) atoms. The van der Waals surface area contributed by atoms with Gasteiger partial charge in [0.15, 0.2) is 0 Å². The smallest absolute Gasteiger partial charge is 0.258 e. The van der Waals surface area contributed by atoms with Gasteiger partial charge < -0.3 is 9.47 Å². The number of nitrogens with zero attached hydrogens (tertiary/aromatic N) is 2. The molecule has 1 aromatic carbocycles. The molecular weight excluding hydrogens is 347 g/mol. The van der Waals surface area contributed by atoms with Gasteiger partial charge in [-0.15, -0.1) is 0 Å². The largest absolute Gasteiger partial charge is 0.490 e. The number of aromatic nitrogens is 2. The van der Waals surface area contributed by atoms with Gasteiger partial charge in [-0.25, -0.2) is 9.37 Å². The van der Waals surface area contributed by atoms with E-state index < -0.39 is 0 Å². The summed E-state index contributed by atoms with van der Waals surface area (Å²) in [5.41, 5.74) is 0.301. The highest BCUT2D eigenvalue weighted by molar-refractivity contribution is 6.29. The molecule has 0 amide bonds. The number of hydrogen-bond donors (Lipinski definition) is 0. The molecule has 0 unspecified atom stereocenters. The van der Waals surface area contributed by atoms with Gasteiger partial charge in [-0.3, -0.25) is 9.36 Å². The highest BCUT2D eigenvalue weighted by Crippen LogP contribution is 2.12. The zero-order chi connectivity index (χ0) is 17.6. The van der Waals surface area contributed by atoms with Crippen molar-refractivity contribution in [3.8, 4) is 17.3 Å². The minimum Gasteiger partial charge on any atom is -0.490 e. The van der Waals surface area contributed by atoms with E-state index in [4.69, 9.17) is 21.1 Å². The number of rotatable bonds is 6. The van der Waals surface area contributed by atoms with Crippen molar-refractivity contribution in [2.45, 2.75) is 0 Å². The Labute approximate surface area is 148 Å². The predicted octanol–water partition coefficient (Wildman–Crippen LogP) is 3.48. The van der Waals surface area contributed by atoms with Crippen molar-refractivity contribution in [2.24, 2.45) is 0 Å². The Hall–Kier alpha value is -2.86. The molecule has 0 spiro atoms. The van der Waals surface area contributed by atoms with Crippen molar-refractivity contribution >= 4 is 11.6 Å². The minimum absolute atomic E-state index is 0.244. The number of hydrogen-bond acceptors (Lipinski definition) is 4. The lowest BCUT2D eigenvalue weighted by atomic mass is 10.3. The topological polar surface area (TPSA) is 53.4 Å². The van der Waals surface area contributed by atoms with Crippen LogP contribution in [-0.4, -0.2) is 22.8 Å². The Balaban J connectivity index is 1.58. The highest BCUT2D eigenvalue weighted by Gasteiger charge is 2.03. The third kappa shape index (κ3) is 4.58. The van der Waals surface area contributed by atoms with E-state index in [0.717, 1.165) is 0 Å². The second-order valence-electron chi connectivity index (χ2n) is 5.04. The molecule has 7 heteroatoms. The average Bonchev–Trinajstić information content (AvgIpc) is 2.60. The van der Waals surface area contributed by atoms with Crippen molar-refractivity contribution in [2.75, 3.05) is 13.2 Å². The fraction of sp³-hybridized carbons (Fsp3) is 0.111. The van der Waals surface area contributed by atoms with Crippen LogP contribution in [0.15, 0.2) is 65.6 Å². The van der Waals surface area contributed by atoms with Gasteiger partial charge in [-0.2, -0.15) is 0 Å². The lowest BCUT2D eigenvalue weighted by molar-refractivity contribution is 0.211. The Morgan fingerprint density at radius 2 is 1.80 bits per heavy atom. The Kier molecular flexibility index (Phi) is 5.30. The summed E-state index contributed by atoms with van der Waals surface area (Å²) in [6.07, 6.45) is 1.57. The van der Waals surface area contributed by atoms with Gasteiger partial charge in [0.05, 0.1) is 0 Å². The number of halogens is 2. The molecule has 0 saturated heterocycles. The van der Waals surface area contributed by atoms with Crippen LogP contribution in [0.4, 0.5) is 4.39 Å². The molecule has 0 fully saturated rings. The first-order valence-corrected chi connectivity index (χ1v) is 7.86. The molecule has 0 atom stereocenters. The maximum Gasteiger partial charge on any atom is 0.258 e. The Bertz CT molecular complexity index is 913. The summed E-state index contributed by atoms with van der Waals surface area (Å²) in [5.74, 6) is 0.472. The van der Waals surface area contributed by atoms with Crippen LogP contribution < -0.4 is 15.0 Å². The molecule has 0 aliphatic rings. The molecule has 2 heterocycles. The third-order valence-electron chi connectivity index (χ3n) is 3.29. The van der Waals surface area contributed by atoms with E-state index in [-0.39, 0.29) is 24.6 Å². The summed E-state index contributed by atoms with van der Waals surface area (Å²) < 4.78 is 25.2. The molecule has 5 nitrogen and oxygen atoms in total. The summed E-state index contributed by atoms with van der Waals surface area (Å²) in [6.45, 7) is 0.503. The van der Waals surface area contributed by atoms with Gasteiger partial charge in [-0.05, 0) is 36.4 Å². The molecule has 3 rings (SSSR count). The normalized spacial score (nSPS) is 10.5. The fourth-order valence-electron chi connectivity index (χ4n) is 2.14. The second-order valence-corrected chi connectivity index (χ2v) is 5.43. The monoisotopic (exact) mass is 360 g/mol. The van der Waals surface area contributed by atoms with E-state index in [1.165, 1.54) is 34.9 Å². The number of benzene rings is 1. The predicted molar refractivity (Wildman–Crippen MR) is 92.2 cm³/mol. The highest BCUT2D eigenvalue weighted by atomic mass is 35.5. The van der Waals surface area contributed by atoms with Crippen LogP contribution in [0.2, 0.25) is 5.15 Å². The van der Waals surface area contributed by atoms with E-state index in [1.807, 2.05) is 0 Å². The van der Waals surface area contributed by atoms with Gasteiger partial charge in [-0.1, -0.05) is 17.7 Å². The van der Waals surface area contributed by atoms with E-state index >= 15 is 0 Å². The van der Waals surface area contributed by atoms with E-state index in [1.54, 1.807) is 30.5 Å². The summed E-state index contributed by atoms with van der Waals surface area (Å²) in [6, 6.07) is 13.8. The second kappa shape index (κ2) is 7.81. The van der Waals surface area contributed by atoms with Crippen LogP contribution in [0.5, 0.6) is 11.6 Å². The van der Waals surface area contributed by atoms with Crippen molar-refractivity contribution in [3.05, 3.63) is 82.1 Å². The maximum absolute atomic E-state index is 13.0. The molecule has 0 aliphatic carbocycles. The van der Waals surface area contributed by atoms with Crippen LogP contribution in [0, 0.1) is 5.82 Å². The maximum atomic E-state index is 13.0. The first kappa shape index (κ1) is 17.0. The first-order valence-electron chi connectivity index (χ1n) is 7.49. The summed E-state index contributed by atoms with van der Waals surface area (Å²) >= 11 is 5.76. The van der Waals surface area contributed by atoms with Gasteiger partial charge >= 0.3 is 0 Å². The van der Waals surface area contributed by atoms with E-state index in [0.29, 0.717) is 22.5 Å². The molecule has 0 saturated carbocycles. The van der Waals surface area contributed by atoms with Crippen LogP contribution in [0.25, 0.3) is 5.69 Å². The summed E-state index contributed by atoms with van der Waals surface area (Å²) in [7, 11) is 0. The van der Waals surface area contributed by atoms with Gasteiger partial charge in [0.1, 0.15) is 29.9 Å². The number of pyridine rings is 2. The fourth-order valence-corrected chi connectivity index (χ4v) is 2.30. The van der Waals surface area contributed by atoms with Crippen molar-refractivity contribution < 1.29 is 13.9 Å². The number of ether oxygens (including phenoxy) is 2. The van der Waals surface area contributed by atoms with Gasteiger partial charge in [0.25, 0.3) is 5.56 Å². The molecular formula is C18H14ClFN2O3. The Morgan fingerprint density at radius 1 is 1.04 bits per heavy atom. The molecule has 0 aliphatic heterocycles. The molecule has 3 aromatic rings. The van der Waals surface area contributed by atoms with Crippen LogP contribution in [-0.2, 0) is 0 Å². The van der Waals surface area contributed by atoms with Crippen molar-refractivity contribution in [1.82, 2.24) is 9.55 Å². The molecule has 0 N–H and O–H groups in total. The lowest BCUT2D eigenvalue weighted by Gasteiger charge is -2.09. The molecule has 128 valence electrons. The van der Waals surface area contributed by atoms with Crippen molar-refractivity contribution in [3.63, 3.8) is 0 Å². The van der Waals surface area contributed by atoms with E-state index in [9.17, 15) is 9.18 Å². The van der Waals surface area contributed by atoms with Crippen molar-refractivity contribution in [1.29, 1.82) is 0 Å². The third-order valence-corrected chi connectivity index (χ3v) is 3.50. The van der Waals surface area contributed by atoms with Crippen LogP contribution in [0.3, 0.4) is 0 Å². The first-order chi connectivity index (χ1) is 12.1. The van der Waals surface area contributed by atoms with Crippen LogP contribution >= 0.6 is 11.6 Å². The SMILES string of the molecule is O=c1cc(OCCOc2cccc(Cl)n2)ccn1-c1ccc(F)cc1. The van der Waals surface area contributed by atoms with Gasteiger partial charge in [0.2, 0.25) is 5.88 Å². The summed E-state index contributed by atoms with van der Waals surface area (Å²) in [5, 5.41) is 0.350. The zero-order valence-electron chi connectivity index (χ0n) is 13.1. The van der Waals surface area contributed by atoms with Gasteiger partial charge in [0, 0.05) is 24.0 Å². The molecule has 0 radical (unpaired) electrons. The molecule has 2 aromatic heterocycles. The summed E-state index contributed by atoms with van der Waals surface area (Å²) in [4.78, 5) is 16.1. The average molecular weight is 361 g/mol. The quantitative estimate of drug-likeness (QED) is 0.499. The minimum atomic E-state index is -0.356. The van der Waals surface area contributed by atoms with Crippen LogP contribution in [0.1, 0.15) is 0 Å². The lowest BCUT2D eigenvalue weighted by Crippen LogP contribution is -2.17. The Morgan fingerprint density at radius 3 is 2.52 bits per heavy atom. The standard InChI is InChI=1S/C18H14ClFN2O3/c19-16-2-1-3-17(21-16)25-11-10-24-15-8-9-22(18(23)12-15)14-6-4-13(20)5-7-14/h1-9,12H,10-11H2. The van der Waals surface area contributed by atoms with E-state index in [2.05, 4.69) is 4.98 Å². The zero-order valence-corrected chi connectivity index (χ0v) is 13.8.